The van der Waals surface area contributed by atoms with E-state index in [2.05, 4.69) is 18.7 Å². The van der Waals surface area contributed by atoms with Gasteiger partial charge in [-0.15, -0.1) is 0 Å². The maximum atomic E-state index is 5.59. The second kappa shape index (κ2) is 4.60. The van der Waals surface area contributed by atoms with E-state index in [0.29, 0.717) is 18.2 Å². The summed E-state index contributed by atoms with van der Waals surface area (Å²) in [5, 5.41) is 0. The summed E-state index contributed by atoms with van der Waals surface area (Å²) in [6.07, 6.45) is 2.98. The first-order valence-electron chi connectivity index (χ1n) is 5.72. The number of fused-ring (bicyclic) bond motifs is 2. The first-order valence-corrected chi connectivity index (χ1v) is 5.72. The third-order valence-corrected chi connectivity index (χ3v) is 3.19. The average Bonchev–Trinajstić information content (AvgIpc) is 2.39. The van der Waals surface area contributed by atoms with Crippen molar-refractivity contribution in [3.63, 3.8) is 0 Å². The highest BCUT2D eigenvalue weighted by Gasteiger charge is 2.36. The molecule has 2 bridgehead atoms. The summed E-state index contributed by atoms with van der Waals surface area (Å²) in [7, 11) is 0. The Morgan fingerprint density at radius 3 is 2.50 bits per heavy atom. The molecule has 2 fully saturated rings. The molecule has 0 aromatic heterocycles. The quantitative estimate of drug-likeness (QED) is 0.680. The zero-order chi connectivity index (χ0) is 9.97. The van der Waals surface area contributed by atoms with Crippen LogP contribution in [0.2, 0.25) is 0 Å². The van der Waals surface area contributed by atoms with Crippen molar-refractivity contribution in [1.82, 2.24) is 4.90 Å². The summed E-state index contributed by atoms with van der Waals surface area (Å²) in [6, 6.07) is 1.34. The Bertz CT molecular complexity index is 168. The lowest BCUT2D eigenvalue weighted by Crippen LogP contribution is -2.47. The Morgan fingerprint density at radius 2 is 1.93 bits per heavy atom. The van der Waals surface area contributed by atoms with E-state index in [0.717, 1.165) is 26.4 Å². The van der Waals surface area contributed by atoms with Crippen LogP contribution in [0, 0.1) is 0 Å². The van der Waals surface area contributed by atoms with Crippen molar-refractivity contribution in [2.75, 3.05) is 26.4 Å². The van der Waals surface area contributed by atoms with Gasteiger partial charge in [0.25, 0.3) is 0 Å². The van der Waals surface area contributed by atoms with Gasteiger partial charge in [-0.2, -0.15) is 0 Å². The van der Waals surface area contributed by atoms with E-state index in [1.165, 1.54) is 12.8 Å². The van der Waals surface area contributed by atoms with Gasteiger partial charge < -0.3 is 9.47 Å². The van der Waals surface area contributed by atoms with Gasteiger partial charge in [0.05, 0.1) is 25.9 Å². The topological polar surface area (TPSA) is 21.7 Å². The monoisotopic (exact) mass is 199 g/mol. The van der Waals surface area contributed by atoms with Gasteiger partial charge in [0.1, 0.15) is 0 Å². The van der Waals surface area contributed by atoms with Crippen LogP contribution in [0.3, 0.4) is 0 Å². The number of hydrogen-bond donors (Lipinski definition) is 0. The molecule has 0 radical (unpaired) electrons. The highest BCUT2D eigenvalue weighted by molar-refractivity contribution is 4.90. The highest BCUT2D eigenvalue weighted by atomic mass is 16.5. The molecule has 2 heterocycles. The molecule has 2 rings (SSSR count). The van der Waals surface area contributed by atoms with Crippen molar-refractivity contribution in [1.29, 1.82) is 0 Å². The minimum Gasteiger partial charge on any atom is -0.378 e. The first-order chi connectivity index (χ1) is 6.77. The van der Waals surface area contributed by atoms with E-state index in [1.54, 1.807) is 0 Å². The number of nitrogens with zero attached hydrogens (tertiary/aromatic N) is 1. The maximum absolute atomic E-state index is 5.59. The molecule has 0 aliphatic carbocycles. The predicted octanol–water partition coefficient (Wildman–Crippen LogP) is 1.27. The van der Waals surface area contributed by atoms with E-state index in [1.807, 2.05) is 0 Å². The van der Waals surface area contributed by atoms with Gasteiger partial charge in [-0.1, -0.05) is 0 Å². The van der Waals surface area contributed by atoms with Gasteiger partial charge in [-0.05, 0) is 26.7 Å². The second-order valence-corrected chi connectivity index (χ2v) is 4.58. The van der Waals surface area contributed by atoms with Crippen molar-refractivity contribution in [3.05, 3.63) is 0 Å². The van der Waals surface area contributed by atoms with E-state index in [9.17, 15) is 0 Å². The molecule has 2 aliphatic heterocycles. The van der Waals surface area contributed by atoms with Crippen molar-refractivity contribution in [3.8, 4) is 0 Å². The Kier molecular flexibility index (Phi) is 3.42. The molecule has 0 spiro atoms. The molecule has 2 saturated heterocycles. The van der Waals surface area contributed by atoms with Crippen LogP contribution >= 0.6 is 0 Å². The fraction of sp³-hybridized carbons (Fsp3) is 1.00. The molecule has 2 aliphatic rings. The summed E-state index contributed by atoms with van der Waals surface area (Å²) >= 11 is 0. The molecule has 14 heavy (non-hydrogen) atoms. The number of ether oxygens (including phenoxy) is 2. The Hall–Kier alpha value is -0.120. The number of hydrogen-bond acceptors (Lipinski definition) is 3. The van der Waals surface area contributed by atoms with E-state index < -0.39 is 0 Å². The summed E-state index contributed by atoms with van der Waals surface area (Å²) in [6.45, 7) is 7.99. The Balaban J connectivity index is 1.75. The zero-order valence-corrected chi connectivity index (χ0v) is 9.24. The Morgan fingerprint density at radius 1 is 1.29 bits per heavy atom. The minimum absolute atomic E-state index is 0.355. The number of morpholine rings is 1. The number of rotatable bonds is 4. The second-order valence-electron chi connectivity index (χ2n) is 4.58. The maximum Gasteiger partial charge on any atom is 0.0622 e. The van der Waals surface area contributed by atoms with Gasteiger partial charge in [0.15, 0.2) is 0 Å². The Labute approximate surface area is 86.4 Å². The molecular weight excluding hydrogens is 178 g/mol. The van der Waals surface area contributed by atoms with Crippen LogP contribution in [0.4, 0.5) is 0 Å². The van der Waals surface area contributed by atoms with Gasteiger partial charge in [0, 0.05) is 18.6 Å². The highest BCUT2D eigenvalue weighted by Crippen LogP contribution is 2.28. The van der Waals surface area contributed by atoms with Gasteiger partial charge in [0.2, 0.25) is 0 Å². The van der Waals surface area contributed by atoms with E-state index >= 15 is 0 Å². The molecular formula is C11H21NO2. The fourth-order valence-corrected chi connectivity index (χ4v) is 2.47. The van der Waals surface area contributed by atoms with Gasteiger partial charge >= 0.3 is 0 Å². The molecule has 0 N–H and O–H groups in total. The van der Waals surface area contributed by atoms with Crippen LogP contribution in [0.5, 0.6) is 0 Å². The normalized spacial score (nSPS) is 32.8. The lowest BCUT2D eigenvalue weighted by molar-refractivity contribution is -0.0324. The fourth-order valence-electron chi connectivity index (χ4n) is 2.47. The molecule has 0 aromatic carbocycles. The molecule has 0 amide bonds. The predicted molar refractivity (Wildman–Crippen MR) is 55.4 cm³/mol. The van der Waals surface area contributed by atoms with E-state index in [-0.39, 0.29) is 0 Å². The zero-order valence-electron chi connectivity index (χ0n) is 9.24. The van der Waals surface area contributed by atoms with Gasteiger partial charge in [-0.3, -0.25) is 4.90 Å². The summed E-state index contributed by atoms with van der Waals surface area (Å²) in [4.78, 5) is 2.58. The third kappa shape index (κ3) is 2.27. The minimum atomic E-state index is 0.355. The van der Waals surface area contributed by atoms with E-state index in [4.69, 9.17) is 9.47 Å². The smallest absolute Gasteiger partial charge is 0.0622 e. The molecule has 82 valence electrons. The van der Waals surface area contributed by atoms with Crippen LogP contribution in [-0.4, -0.2) is 49.5 Å². The molecule has 0 saturated carbocycles. The van der Waals surface area contributed by atoms with Crippen molar-refractivity contribution in [2.45, 2.75) is 44.9 Å². The standard InChI is InChI=1S/C11H21NO2/c1-9(2)14-6-5-12-10-3-4-11(12)8-13-7-10/h9-11H,3-8H2,1-2H3. The van der Waals surface area contributed by atoms with Crippen LogP contribution in [0.1, 0.15) is 26.7 Å². The van der Waals surface area contributed by atoms with Crippen LogP contribution < -0.4 is 0 Å². The third-order valence-electron chi connectivity index (χ3n) is 3.19. The lowest BCUT2D eigenvalue weighted by Gasteiger charge is -2.34. The molecule has 0 aromatic rings. The summed E-state index contributed by atoms with van der Waals surface area (Å²) in [5.74, 6) is 0. The largest absolute Gasteiger partial charge is 0.378 e. The van der Waals surface area contributed by atoms with Gasteiger partial charge in [-0.25, -0.2) is 0 Å². The SMILES string of the molecule is CC(C)OCCN1C2CCC1COC2. The molecule has 2 atom stereocenters. The lowest BCUT2D eigenvalue weighted by atomic mass is 10.2. The van der Waals surface area contributed by atoms with Crippen molar-refractivity contribution < 1.29 is 9.47 Å². The van der Waals surface area contributed by atoms with Crippen LogP contribution in [0.25, 0.3) is 0 Å². The first kappa shape index (κ1) is 10.4. The summed E-state index contributed by atoms with van der Waals surface area (Å²) in [5.41, 5.74) is 0. The van der Waals surface area contributed by atoms with Crippen molar-refractivity contribution >= 4 is 0 Å². The van der Waals surface area contributed by atoms with Crippen LogP contribution in [0.15, 0.2) is 0 Å². The molecule has 3 heteroatoms. The average molecular weight is 199 g/mol. The van der Waals surface area contributed by atoms with Crippen molar-refractivity contribution in [2.24, 2.45) is 0 Å². The molecule has 3 nitrogen and oxygen atoms in total. The molecule has 2 unspecified atom stereocenters. The van der Waals surface area contributed by atoms with Crippen LogP contribution in [-0.2, 0) is 9.47 Å². The summed E-state index contributed by atoms with van der Waals surface area (Å²) < 4.78 is 11.1.